The monoisotopic (exact) mass is 599 g/mol. The number of benzene rings is 1. The SMILES string of the molecule is COCCCCN1C(=O)C(C)(C)Oc2cc(C(F)(F)F)c(C(=O)N(C(C)C)[C@H]3CCCN(C(=O)OC(C)(C)C)C3)cc21. The maximum Gasteiger partial charge on any atom is 0.417 e. The number of piperidine rings is 1. The van der Waals surface area contributed by atoms with Gasteiger partial charge < -0.3 is 28.9 Å². The molecule has 1 aromatic carbocycles. The van der Waals surface area contributed by atoms with Gasteiger partial charge in [-0.15, -0.1) is 0 Å². The Kier molecular flexibility index (Phi) is 10.1. The molecule has 0 saturated carbocycles. The topological polar surface area (TPSA) is 88.6 Å². The summed E-state index contributed by atoms with van der Waals surface area (Å²) in [6.07, 6.45) is -3.15. The fourth-order valence-electron chi connectivity index (χ4n) is 5.40. The summed E-state index contributed by atoms with van der Waals surface area (Å²) in [4.78, 5) is 44.5. The first-order valence-corrected chi connectivity index (χ1v) is 14.4. The van der Waals surface area contributed by atoms with Crippen molar-refractivity contribution in [3.63, 3.8) is 0 Å². The van der Waals surface area contributed by atoms with E-state index in [2.05, 4.69) is 0 Å². The molecular weight excluding hydrogens is 555 g/mol. The quantitative estimate of drug-likeness (QED) is 0.347. The molecule has 0 radical (unpaired) electrons. The molecule has 236 valence electrons. The lowest BCUT2D eigenvalue weighted by atomic mass is 9.96. The first-order valence-electron chi connectivity index (χ1n) is 14.4. The van der Waals surface area contributed by atoms with Crippen molar-refractivity contribution in [2.75, 3.05) is 38.3 Å². The highest BCUT2D eigenvalue weighted by Gasteiger charge is 2.45. The van der Waals surface area contributed by atoms with Gasteiger partial charge in [-0.1, -0.05) is 0 Å². The number of ether oxygens (including phenoxy) is 3. The van der Waals surface area contributed by atoms with Crippen LogP contribution in [0.1, 0.15) is 90.1 Å². The van der Waals surface area contributed by atoms with Gasteiger partial charge in [0.15, 0.2) is 5.60 Å². The molecule has 9 nitrogen and oxygen atoms in total. The van der Waals surface area contributed by atoms with Gasteiger partial charge in [0.2, 0.25) is 0 Å². The molecule has 1 aromatic rings. The predicted octanol–water partition coefficient (Wildman–Crippen LogP) is 5.89. The molecule has 1 atom stereocenters. The number of likely N-dealkylation sites (tertiary alicyclic amines) is 1. The highest BCUT2D eigenvalue weighted by atomic mass is 19.4. The highest BCUT2D eigenvalue weighted by molar-refractivity contribution is 6.05. The molecule has 1 fully saturated rings. The maximum absolute atomic E-state index is 14.5. The van der Waals surface area contributed by atoms with Gasteiger partial charge in [0.1, 0.15) is 11.4 Å². The summed E-state index contributed by atoms with van der Waals surface area (Å²) >= 11 is 0. The summed E-state index contributed by atoms with van der Waals surface area (Å²) in [5.74, 6) is -1.35. The first-order chi connectivity index (χ1) is 19.4. The Morgan fingerprint density at radius 1 is 1.17 bits per heavy atom. The Morgan fingerprint density at radius 3 is 2.40 bits per heavy atom. The lowest BCUT2D eigenvalue weighted by Crippen LogP contribution is -2.55. The Hall–Kier alpha value is -3.02. The number of alkyl halides is 3. The molecule has 2 aliphatic rings. The van der Waals surface area contributed by atoms with Crippen molar-refractivity contribution in [1.82, 2.24) is 9.80 Å². The van der Waals surface area contributed by atoms with Crippen LogP contribution in [-0.4, -0.2) is 84.3 Å². The number of carbonyl (C=O) groups is 3. The van der Waals surface area contributed by atoms with Crippen LogP contribution >= 0.6 is 0 Å². The average molecular weight is 600 g/mol. The molecule has 42 heavy (non-hydrogen) atoms. The van der Waals surface area contributed by atoms with Crippen molar-refractivity contribution in [2.45, 2.75) is 104 Å². The molecule has 12 heteroatoms. The van der Waals surface area contributed by atoms with E-state index in [1.807, 2.05) is 0 Å². The third-order valence-electron chi connectivity index (χ3n) is 7.26. The number of rotatable bonds is 8. The number of fused-ring (bicyclic) bond motifs is 1. The zero-order valence-corrected chi connectivity index (χ0v) is 25.9. The van der Waals surface area contributed by atoms with E-state index >= 15 is 0 Å². The van der Waals surface area contributed by atoms with Gasteiger partial charge in [0.05, 0.1) is 22.9 Å². The van der Waals surface area contributed by atoms with Crippen molar-refractivity contribution in [3.05, 3.63) is 23.3 Å². The Labute approximate surface area is 246 Å². The van der Waals surface area contributed by atoms with E-state index in [1.165, 1.54) is 28.5 Å². The van der Waals surface area contributed by atoms with Crippen LogP contribution in [0.3, 0.4) is 0 Å². The van der Waals surface area contributed by atoms with Crippen molar-refractivity contribution >= 4 is 23.6 Å². The van der Waals surface area contributed by atoms with Crippen molar-refractivity contribution in [3.8, 4) is 5.75 Å². The van der Waals surface area contributed by atoms with Gasteiger partial charge >= 0.3 is 12.3 Å². The second-order valence-corrected chi connectivity index (χ2v) is 12.7. The summed E-state index contributed by atoms with van der Waals surface area (Å²) in [5, 5.41) is 0. The van der Waals surface area contributed by atoms with Gasteiger partial charge in [-0.25, -0.2) is 4.79 Å². The van der Waals surface area contributed by atoms with Gasteiger partial charge in [0.25, 0.3) is 11.8 Å². The third kappa shape index (κ3) is 7.67. The van der Waals surface area contributed by atoms with Crippen LogP contribution in [0.25, 0.3) is 0 Å². The number of amides is 3. The largest absolute Gasteiger partial charge is 0.476 e. The number of methoxy groups -OCH3 is 1. The molecule has 2 heterocycles. The van der Waals surface area contributed by atoms with Gasteiger partial charge in [-0.2, -0.15) is 13.2 Å². The van der Waals surface area contributed by atoms with Crippen LogP contribution in [0.5, 0.6) is 5.75 Å². The molecule has 0 bridgehead atoms. The first kappa shape index (κ1) is 33.5. The molecule has 3 rings (SSSR count). The van der Waals surface area contributed by atoms with E-state index < -0.39 is 58.5 Å². The van der Waals surface area contributed by atoms with E-state index in [4.69, 9.17) is 14.2 Å². The van der Waals surface area contributed by atoms with E-state index in [0.29, 0.717) is 38.8 Å². The predicted molar refractivity (Wildman–Crippen MR) is 152 cm³/mol. The van der Waals surface area contributed by atoms with Crippen LogP contribution in [0.15, 0.2) is 12.1 Å². The lowest BCUT2D eigenvalue weighted by Gasteiger charge is -2.42. The number of unbranched alkanes of at least 4 members (excludes halogenated alkanes) is 1. The summed E-state index contributed by atoms with van der Waals surface area (Å²) in [7, 11) is 1.56. The number of halogens is 3. The van der Waals surface area contributed by atoms with Crippen LogP contribution in [0.2, 0.25) is 0 Å². The molecular formula is C30H44F3N3O6. The second kappa shape index (κ2) is 12.7. The van der Waals surface area contributed by atoms with Crippen LogP contribution < -0.4 is 9.64 Å². The summed E-state index contributed by atoms with van der Waals surface area (Å²) < 4.78 is 59.8. The average Bonchev–Trinajstić information content (AvgIpc) is 2.86. The van der Waals surface area contributed by atoms with Crippen molar-refractivity contribution in [1.29, 1.82) is 0 Å². The van der Waals surface area contributed by atoms with E-state index in [9.17, 15) is 27.6 Å². The maximum atomic E-state index is 14.5. The van der Waals surface area contributed by atoms with Gasteiger partial charge in [0, 0.05) is 39.4 Å². The summed E-state index contributed by atoms with van der Waals surface area (Å²) in [6, 6.07) is 0.956. The zero-order valence-electron chi connectivity index (χ0n) is 25.9. The second-order valence-electron chi connectivity index (χ2n) is 12.7. The number of hydrogen-bond acceptors (Lipinski definition) is 6. The number of nitrogens with zero attached hydrogens (tertiary/aromatic N) is 3. The smallest absolute Gasteiger partial charge is 0.417 e. The number of anilines is 1. The van der Waals surface area contributed by atoms with E-state index in [-0.39, 0.29) is 24.5 Å². The molecule has 0 aromatic heterocycles. The molecule has 2 aliphatic heterocycles. The molecule has 3 amide bonds. The van der Waals surface area contributed by atoms with Crippen LogP contribution in [0.4, 0.5) is 23.7 Å². The molecule has 0 N–H and O–H groups in total. The Bertz CT molecular complexity index is 1160. The minimum absolute atomic E-state index is 0.111. The molecule has 1 saturated heterocycles. The van der Waals surface area contributed by atoms with Crippen LogP contribution in [-0.2, 0) is 20.4 Å². The fourth-order valence-corrected chi connectivity index (χ4v) is 5.40. The minimum Gasteiger partial charge on any atom is -0.476 e. The standard InChI is InChI=1S/C30H44F3N3O6/c1-19(2)36(20-12-11-13-34(18-20)27(39)42-28(3,4)5)25(37)21-16-23-24(17-22(21)30(31,32)33)41-29(6,7)26(38)35(23)14-9-10-15-40-8/h16-17,19-20H,9-15,18H2,1-8H3/t20-/m0/s1. The number of hydrogen-bond donors (Lipinski definition) is 0. The van der Waals surface area contributed by atoms with Crippen LogP contribution in [0, 0.1) is 0 Å². The normalized spacial score (nSPS) is 19.0. The summed E-state index contributed by atoms with van der Waals surface area (Å²) in [5.41, 5.74) is -3.69. The molecule has 0 unspecified atom stereocenters. The fraction of sp³-hybridized carbons (Fsp3) is 0.700. The van der Waals surface area contributed by atoms with Crippen molar-refractivity contribution in [2.24, 2.45) is 0 Å². The minimum atomic E-state index is -4.87. The molecule has 0 spiro atoms. The Morgan fingerprint density at radius 2 is 1.83 bits per heavy atom. The van der Waals surface area contributed by atoms with Crippen molar-refractivity contribution < 1.29 is 41.8 Å². The van der Waals surface area contributed by atoms with Gasteiger partial charge in [-0.05, 0) is 86.3 Å². The van der Waals surface area contributed by atoms with E-state index in [0.717, 1.165) is 12.1 Å². The third-order valence-corrected chi connectivity index (χ3v) is 7.26. The molecule has 0 aliphatic carbocycles. The highest BCUT2D eigenvalue weighted by Crippen LogP contribution is 2.44. The van der Waals surface area contributed by atoms with Gasteiger partial charge in [-0.3, -0.25) is 9.59 Å². The summed E-state index contributed by atoms with van der Waals surface area (Å²) in [6.45, 7) is 13.0. The Balaban J connectivity index is 2.05. The lowest BCUT2D eigenvalue weighted by molar-refractivity contribution is -0.138. The zero-order chi connectivity index (χ0) is 31.6. The number of carbonyl (C=O) groups excluding carboxylic acids is 3. The van der Waals surface area contributed by atoms with E-state index in [1.54, 1.807) is 41.7 Å².